The molecule has 0 saturated carbocycles. The monoisotopic (exact) mass is 263 g/mol. The van der Waals surface area contributed by atoms with E-state index < -0.39 is 0 Å². The van der Waals surface area contributed by atoms with Gasteiger partial charge in [0.15, 0.2) is 0 Å². The molecular weight excluding hydrogens is 253 g/mol. The van der Waals surface area contributed by atoms with Crippen LogP contribution in [0.5, 0.6) is 0 Å². The minimum absolute atomic E-state index is 0.299. The van der Waals surface area contributed by atoms with Crippen LogP contribution in [0.25, 0.3) is 17.0 Å². The van der Waals surface area contributed by atoms with E-state index in [1.807, 2.05) is 0 Å². The third kappa shape index (κ3) is 2.51. The topological polar surface area (TPSA) is 22.1 Å². The summed E-state index contributed by atoms with van der Waals surface area (Å²) in [7, 11) is 1.52. The Balaban J connectivity index is 2.49. The summed E-state index contributed by atoms with van der Waals surface area (Å²) >= 11 is 6.09. The van der Waals surface area contributed by atoms with Crippen LogP contribution in [0, 0.1) is 5.82 Å². The predicted molar refractivity (Wildman–Crippen MR) is 70.7 cm³/mol. The summed E-state index contributed by atoms with van der Waals surface area (Å²) in [6.45, 7) is 3.73. The standard InChI is InChI=1S/C14H11ClFNO/c1-9(18-2)13-8-7-12(15)14(17-13)10-3-5-11(16)6-4-10/h3-8H,1H2,2H3. The SMILES string of the molecule is C=C(OC)c1ccc(Cl)c(-c2ccc(F)cc2)n1. The molecule has 0 aliphatic rings. The van der Waals surface area contributed by atoms with Gasteiger partial charge in [-0.1, -0.05) is 18.2 Å². The van der Waals surface area contributed by atoms with Gasteiger partial charge in [0.2, 0.25) is 0 Å². The highest BCUT2D eigenvalue weighted by molar-refractivity contribution is 6.33. The quantitative estimate of drug-likeness (QED) is 0.776. The summed E-state index contributed by atoms with van der Waals surface area (Å²) in [5, 5.41) is 0.495. The molecule has 0 bridgehead atoms. The number of hydrogen-bond donors (Lipinski definition) is 0. The smallest absolute Gasteiger partial charge is 0.137 e. The lowest BCUT2D eigenvalue weighted by molar-refractivity contribution is 0.369. The molecule has 0 atom stereocenters. The fourth-order valence-electron chi connectivity index (χ4n) is 1.51. The molecular formula is C14H11ClFNO. The summed E-state index contributed by atoms with van der Waals surface area (Å²) in [5.74, 6) is 0.155. The van der Waals surface area contributed by atoms with Crippen LogP contribution in [-0.2, 0) is 4.74 Å². The van der Waals surface area contributed by atoms with E-state index in [-0.39, 0.29) is 5.82 Å². The molecule has 92 valence electrons. The summed E-state index contributed by atoms with van der Waals surface area (Å²) in [5.41, 5.74) is 1.92. The average Bonchev–Trinajstić information content (AvgIpc) is 2.39. The highest BCUT2D eigenvalue weighted by Gasteiger charge is 2.09. The van der Waals surface area contributed by atoms with Crippen molar-refractivity contribution in [2.75, 3.05) is 7.11 Å². The van der Waals surface area contributed by atoms with E-state index in [0.29, 0.717) is 22.2 Å². The second-order valence-electron chi connectivity index (χ2n) is 3.66. The van der Waals surface area contributed by atoms with Crippen molar-refractivity contribution in [1.82, 2.24) is 4.98 Å². The van der Waals surface area contributed by atoms with Crippen molar-refractivity contribution in [3.63, 3.8) is 0 Å². The maximum atomic E-state index is 12.9. The van der Waals surface area contributed by atoms with Gasteiger partial charge in [0, 0.05) is 5.56 Å². The van der Waals surface area contributed by atoms with Gasteiger partial charge in [-0.15, -0.1) is 0 Å². The third-order valence-electron chi connectivity index (χ3n) is 2.50. The summed E-state index contributed by atoms with van der Waals surface area (Å²) < 4.78 is 17.9. The van der Waals surface area contributed by atoms with Crippen LogP contribution in [0.1, 0.15) is 5.69 Å². The molecule has 0 aliphatic heterocycles. The van der Waals surface area contributed by atoms with Gasteiger partial charge in [-0.05, 0) is 36.4 Å². The number of rotatable bonds is 3. The number of pyridine rings is 1. The predicted octanol–water partition coefficient (Wildman–Crippen LogP) is 4.16. The normalized spacial score (nSPS) is 10.2. The molecule has 1 aromatic carbocycles. The van der Waals surface area contributed by atoms with Crippen LogP contribution in [-0.4, -0.2) is 12.1 Å². The Morgan fingerprint density at radius 1 is 1.22 bits per heavy atom. The zero-order valence-corrected chi connectivity index (χ0v) is 10.5. The zero-order chi connectivity index (χ0) is 13.1. The molecule has 18 heavy (non-hydrogen) atoms. The second-order valence-corrected chi connectivity index (χ2v) is 4.07. The van der Waals surface area contributed by atoms with Gasteiger partial charge >= 0.3 is 0 Å². The molecule has 1 heterocycles. The second kappa shape index (κ2) is 5.19. The first-order chi connectivity index (χ1) is 8.61. The molecule has 0 unspecified atom stereocenters. The molecule has 0 radical (unpaired) electrons. The number of methoxy groups -OCH3 is 1. The van der Waals surface area contributed by atoms with Crippen LogP contribution in [0.3, 0.4) is 0 Å². The molecule has 0 spiro atoms. The van der Waals surface area contributed by atoms with Crippen LogP contribution in [0.15, 0.2) is 43.0 Å². The molecule has 2 rings (SSSR count). The Kier molecular flexibility index (Phi) is 3.63. The lowest BCUT2D eigenvalue weighted by atomic mass is 10.1. The van der Waals surface area contributed by atoms with Crippen molar-refractivity contribution in [2.45, 2.75) is 0 Å². The summed E-state index contributed by atoms with van der Waals surface area (Å²) in [4.78, 5) is 4.36. The number of aromatic nitrogens is 1. The van der Waals surface area contributed by atoms with Gasteiger partial charge in [-0.2, -0.15) is 0 Å². The Bertz CT molecular complexity index is 581. The van der Waals surface area contributed by atoms with Crippen molar-refractivity contribution >= 4 is 17.4 Å². The Labute approximate surface area is 110 Å². The number of hydrogen-bond acceptors (Lipinski definition) is 2. The first kappa shape index (κ1) is 12.6. The van der Waals surface area contributed by atoms with E-state index in [4.69, 9.17) is 16.3 Å². The number of nitrogens with zero attached hydrogens (tertiary/aromatic N) is 1. The van der Waals surface area contributed by atoms with Gasteiger partial charge in [-0.3, -0.25) is 0 Å². The van der Waals surface area contributed by atoms with E-state index in [1.54, 1.807) is 24.3 Å². The van der Waals surface area contributed by atoms with Crippen LogP contribution >= 0.6 is 11.6 Å². The van der Waals surface area contributed by atoms with E-state index in [2.05, 4.69) is 11.6 Å². The number of benzene rings is 1. The molecule has 2 aromatic rings. The van der Waals surface area contributed by atoms with E-state index in [9.17, 15) is 4.39 Å². The van der Waals surface area contributed by atoms with Gasteiger partial charge in [-0.25, -0.2) is 9.37 Å². The highest BCUT2D eigenvalue weighted by atomic mass is 35.5. The maximum absolute atomic E-state index is 12.9. The zero-order valence-electron chi connectivity index (χ0n) is 9.78. The molecule has 0 amide bonds. The van der Waals surface area contributed by atoms with E-state index in [1.165, 1.54) is 19.2 Å². The molecule has 0 fully saturated rings. The van der Waals surface area contributed by atoms with Gasteiger partial charge in [0.25, 0.3) is 0 Å². The minimum Gasteiger partial charge on any atom is -0.495 e. The molecule has 2 nitrogen and oxygen atoms in total. The molecule has 1 aromatic heterocycles. The number of ether oxygens (including phenoxy) is 1. The van der Waals surface area contributed by atoms with Crippen molar-refractivity contribution in [2.24, 2.45) is 0 Å². The Morgan fingerprint density at radius 2 is 1.89 bits per heavy atom. The van der Waals surface area contributed by atoms with Crippen molar-refractivity contribution in [3.8, 4) is 11.3 Å². The van der Waals surface area contributed by atoms with E-state index in [0.717, 1.165) is 5.56 Å². The van der Waals surface area contributed by atoms with Crippen molar-refractivity contribution < 1.29 is 9.13 Å². The van der Waals surface area contributed by atoms with Gasteiger partial charge < -0.3 is 4.74 Å². The van der Waals surface area contributed by atoms with Crippen molar-refractivity contribution in [3.05, 3.63) is 59.5 Å². The fourth-order valence-corrected chi connectivity index (χ4v) is 1.73. The molecule has 4 heteroatoms. The van der Waals surface area contributed by atoms with Gasteiger partial charge in [0.1, 0.15) is 17.3 Å². The van der Waals surface area contributed by atoms with Gasteiger partial charge in [0.05, 0.1) is 17.8 Å². The van der Waals surface area contributed by atoms with Crippen LogP contribution < -0.4 is 0 Å². The Hall–Kier alpha value is -1.87. The first-order valence-electron chi connectivity index (χ1n) is 5.27. The van der Waals surface area contributed by atoms with E-state index >= 15 is 0 Å². The fraction of sp³-hybridized carbons (Fsp3) is 0.0714. The summed E-state index contributed by atoms with van der Waals surface area (Å²) in [6, 6.07) is 9.43. The van der Waals surface area contributed by atoms with Crippen LogP contribution in [0.4, 0.5) is 4.39 Å². The Morgan fingerprint density at radius 3 is 2.50 bits per heavy atom. The molecule has 0 saturated heterocycles. The number of halogens is 2. The highest BCUT2D eigenvalue weighted by Crippen LogP contribution is 2.27. The van der Waals surface area contributed by atoms with Crippen molar-refractivity contribution in [1.29, 1.82) is 0 Å². The first-order valence-corrected chi connectivity index (χ1v) is 5.65. The third-order valence-corrected chi connectivity index (χ3v) is 2.80. The minimum atomic E-state index is -0.299. The maximum Gasteiger partial charge on any atom is 0.137 e. The van der Waals surface area contributed by atoms with Crippen LogP contribution in [0.2, 0.25) is 5.02 Å². The summed E-state index contributed by atoms with van der Waals surface area (Å²) in [6.07, 6.45) is 0. The molecule has 0 aliphatic carbocycles. The average molecular weight is 264 g/mol. The largest absolute Gasteiger partial charge is 0.495 e. The molecule has 0 N–H and O–H groups in total. The lowest BCUT2D eigenvalue weighted by Crippen LogP contribution is -1.93. The lowest BCUT2D eigenvalue weighted by Gasteiger charge is -2.08.